The Hall–Kier alpha value is -2.03. The molecule has 8 heteroatoms. The minimum absolute atomic E-state index is 0.164. The van der Waals surface area contributed by atoms with Gasteiger partial charge in [-0.25, -0.2) is 9.78 Å². The zero-order chi connectivity index (χ0) is 18.0. The maximum atomic E-state index is 12.4. The summed E-state index contributed by atoms with van der Waals surface area (Å²) in [6, 6.07) is 2.01. The van der Waals surface area contributed by atoms with Gasteiger partial charge >= 0.3 is 5.97 Å². The molecule has 0 saturated heterocycles. The van der Waals surface area contributed by atoms with E-state index in [1.54, 1.807) is 11.3 Å². The van der Waals surface area contributed by atoms with Crippen LogP contribution in [0.4, 0.5) is 5.00 Å². The van der Waals surface area contributed by atoms with Crippen molar-refractivity contribution in [2.45, 2.75) is 20.3 Å². The number of aromatic nitrogens is 1. The number of hydrogen-bond acceptors (Lipinski definition) is 7. The highest BCUT2D eigenvalue weighted by atomic mass is 32.1. The highest BCUT2D eigenvalue weighted by Crippen LogP contribution is 2.33. The van der Waals surface area contributed by atoms with Gasteiger partial charge in [0.2, 0.25) is 5.91 Å². The number of amides is 1. The molecule has 0 aliphatic rings. The third-order valence-corrected chi connectivity index (χ3v) is 6.44. The van der Waals surface area contributed by atoms with Crippen LogP contribution in [0.25, 0.3) is 10.6 Å². The van der Waals surface area contributed by atoms with Gasteiger partial charge in [0.05, 0.1) is 24.8 Å². The molecular weight excluding hydrogens is 376 g/mol. The van der Waals surface area contributed by atoms with E-state index >= 15 is 0 Å². The minimum atomic E-state index is -0.439. The van der Waals surface area contributed by atoms with Gasteiger partial charge in [0.25, 0.3) is 0 Å². The Morgan fingerprint density at radius 3 is 2.76 bits per heavy atom. The average Bonchev–Trinajstić information content (AvgIpc) is 3.29. The van der Waals surface area contributed by atoms with Crippen LogP contribution < -0.4 is 5.32 Å². The average molecular weight is 393 g/mol. The van der Waals surface area contributed by atoms with E-state index in [-0.39, 0.29) is 12.3 Å². The van der Waals surface area contributed by atoms with Crippen LogP contribution in [-0.2, 0) is 16.0 Å². The topological polar surface area (TPSA) is 68.3 Å². The number of nitrogens with one attached hydrogen (secondary N) is 1. The fourth-order valence-electron chi connectivity index (χ4n) is 2.31. The molecule has 130 valence electrons. The van der Waals surface area contributed by atoms with Gasteiger partial charge in [-0.15, -0.1) is 22.7 Å². The van der Waals surface area contributed by atoms with E-state index in [0.717, 1.165) is 21.0 Å². The Balaban J connectivity index is 1.73. The second-order valence-electron chi connectivity index (χ2n) is 5.36. The van der Waals surface area contributed by atoms with Crippen molar-refractivity contribution in [2.24, 2.45) is 0 Å². The van der Waals surface area contributed by atoms with Crippen LogP contribution in [0.3, 0.4) is 0 Å². The number of rotatable bonds is 5. The van der Waals surface area contributed by atoms with Crippen molar-refractivity contribution in [2.75, 3.05) is 12.4 Å². The largest absolute Gasteiger partial charge is 0.465 e. The maximum absolute atomic E-state index is 12.4. The molecular formula is C17H16N2O3S3. The molecule has 1 amide bonds. The molecule has 0 radical (unpaired) electrons. The van der Waals surface area contributed by atoms with E-state index in [2.05, 4.69) is 10.3 Å². The highest BCUT2D eigenvalue weighted by Gasteiger charge is 2.22. The zero-order valence-corrected chi connectivity index (χ0v) is 16.4. The van der Waals surface area contributed by atoms with Crippen molar-refractivity contribution >= 4 is 50.9 Å². The lowest BCUT2D eigenvalue weighted by molar-refractivity contribution is -0.115. The molecule has 5 nitrogen and oxygen atoms in total. The van der Waals surface area contributed by atoms with Crippen molar-refractivity contribution in [3.63, 3.8) is 0 Å². The number of nitrogens with zero attached hydrogens (tertiary/aromatic N) is 1. The number of carbonyl (C=O) groups is 2. The summed E-state index contributed by atoms with van der Waals surface area (Å²) in [5, 5.41) is 10.2. The summed E-state index contributed by atoms with van der Waals surface area (Å²) in [7, 11) is 1.33. The lowest BCUT2D eigenvalue weighted by Crippen LogP contribution is -2.16. The normalized spacial score (nSPS) is 10.7. The van der Waals surface area contributed by atoms with Gasteiger partial charge in [-0.05, 0) is 30.9 Å². The molecule has 3 rings (SSSR count). The van der Waals surface area contributed by atoms with E-state index < -0.39 is 5.97 Å². The first-order chi connectivity index (χ1) is 12.0. The van der Waals surface area contributed by atoms with Crippen molar-refractivity contribution in [3.8, 4) is 10.6 Å². The number of hydrogen-bond donors (Lipinski definition) is 1. The number of anilines is 1. The molecule has 3 aromatic rings. The SMILES string of the molecule is COC(=O)c1c(NC(=O)Cc2csc(-c3ccsc3)n2)sc(C)c1C. The molecule has 0 aromatic carbocycles. The van der Waals surface area contributed by atoms with Gasteiger partial charge in [0.15, 0.2) is 0 Å². The van der Waals surface area contributed by atoms with Crippen LogP contribution in [0, 0.1) is 13.8 Å². The predicted octanol–water partition coefficient (Wildman–Crippen LogP) is 4.52. The number of thiazole rings is 1. The summed E-state index contributed by atoms with van der Waals surface area (Å²) in [5.41, 5.74) is 3.05. The molecule has 25 heavy (non-hydrogen) atoms. The van der Waals surface area contributed by atoms with Crippen LogP contribution in [0.5, 0.6) is 0 Å². The Bertz CT molecular complexity index is 910. The van der Waals surface area contributed by atoms with Crippen LogP contribution in [0.15, 0.2) is 22.2 Å². The monoisotopic (exact) mass is 392 g/mol. The smallest absolute Gasteiger partial charge is 0.341 e. The molecule has 0 spiro atoms. The second-order valence-corrected chi connectivity index (χ2v) is 8.22. The Kier molecular flexibility index (Phi) is 5.31. The molecule has 0 atom stereocenters. The van der Waals surface area contributed by atoms with E-state index in [0.29, 0.717) is 16.3 Å². The zero-order valence-electron chi connectivity index (χ0n) is 13.9. The quantitative estimate of drug-likeness (QED) is 0.648. The van der Waals surface area contributed by atoms with Crippen LogP contribution >= 0.6 is 34.0 Å². The number of carbonyl (C=O) groups excluding carboxylic acids is 2. The second kappa shape index (κ2) is 7.47. The molecule has 0 fully saturated rings. The number of aryl methyl sites for hydroxylation is 1. The Morgan fingerprint density at radius 2 is 2.08 bits per heavy atom. The summed E-state index contributed by atoms with van der Waals surface area (Å²) >= 11 is 4.51. The summed E-state index contributed by atoms with van der Waals surface area (Å²) in [5.74, 6) is -0.640. The van der Waals surface area contributed by atoms with E-state index in [1.165, 1.54) is 29.8 Å². The molecule has 3 heterocycles. The third-order valence-electron chi connectivity index (χ3n) is 3.69. The first kappa shape index (κ1) is 17.8. The lowest BCUT2D eigenvalue weighted by atomic mass is 10.1. The first-order valence-corrected chi connectivity index (χ1v) is 10.1. The molecule has 1 N–H and O–H groups in total. The fraction of sp³-hybridized carbons (Fsp3) is 0.235. The molecule has 0 saturated carbocycles. The predicted molar refractivity (Wildman–Crippen MR) is 103 cm³/mol. The third kappa shape index (κ3) is 3.81. The van der Waals surface area contributed by atoms with Crippen LogP contribution in [-0.4, -0.2) is 24.0 Å². The standard InChI is InChI=1S/C17H16N2O3S3/c1-9-10(2)25-16(14(9)17(21)22-3)19-13(20)6-12-8-24-15(18-12)11-4-5-23-7-11/h4-5,7-8H,6H2,1-3H3,(H,19,20). The molecule has 0 unspecified atom stereocenters. The first-order valence-electron chi connectivity index (χ1n) is 7.44. The molecule has 0 bridgehead atoms. The lowest BCUT2D eigenvalue weighted by Gasteiger charge is -2.05. The van der Waals surface area contributed by atoms with Crippen LogP contribution in [0.2, 0.25) is 0 Å². The number of ether oxygens (including phenoxy) is 1. The van der Waals surface area contributed by atoms with Gasteiger partial charge in [-0.3, -0.25) is 4.79 Å². The minimum Gasteiger partial charge on any atom is -0.465 e. The van der Waals surface area contributed by atoms with Gasteiger partial charge in [-0.2, -0.15) is 11.3 Å². The summed E-state index contributed by atoms with van der Waals surface area (Å²) < 4.78 is 4.82. The Morgan fingerprint density at radius 1 is 1.28 bits per heavy atom. The highest BCUT2D eigenvalue weighted by molar-refractivity contribution is 7.17. The van der Waals surface area contributed by atoms with Gasteiger partial charge in [-0.1, -0.05) is 0 Å². The van der Waals surface area contributed by atoms with Gasteiger partial charge < -0.3 is 10.1 Å². The summed E-state index contributed by atoms with van der Waals surface area (Å²) in [6.07, 6.45) is 0.164. The molecule has 3 aromatic heterocycles. The van der Waals surface area contributed by atoms with E-state index in [4.69, 9.17) is 4.74 Å². The number of methoxy groups -OCH3 is 1. The van der Waals surface area contributed by atoms with Crippen molar-refractivity contribution in [1.29, 1.82) is 0 Å². The van der Waals surface area contributed by atoms with E-state index in [1.807, 2.05) is 36.1 Å². The van der Waals surface area contributed by atoms with E-state index in [9.17, 15) is 9.59 Å². The van der Waals surface area contributed by atoms with Crippen LogP contribution in [0.1, 0.15) is 26.5 Å². The fourth-order valence-corrected chi connectivity index (χ4v) is 4.90. The maximum Gasteiger partial charge on any atom is 0.341 e. The van der Waals surface area contributed by atoms with Crippen molar-refractivity contribution in [3.05, 3.63) is 43.9 Å². The van der Waals surface area contributed by atoms with Crippen molar-refractivity contribution < 1.29 is 14.3 Å². The summed E-state index contributed by atoms with van der Waals surface area (Å²) in [6.45, 7) is 3.76. The van der Waals surface area contributed by atoms with Crippen molar-refractivity contribution in [1.82, 2.24) is 4.98 Å². The Labute approximate surface area is 157 Å². The number of thiophene rings is 2. The van der Waals surface area contributed by atoms with Gasteiger partial charge in [0, 0.05) is 21.2 Å². The molecule has 0 aliphatic carbocycles. The summed E-state index contributed by atoms with van der Waals surface area (Å²) in [4.78, 5) is 29.8. The van der Waals surface area contributed by atoms with Gasteiger partial charge in [0.1, 0.15) is 10.0 Å². The molecule has 0 aliphatic heterocycles. The number of esters is 1.